The fourth-order valence-electron chi connectivity index (χ4n) is 1.42. The number of rotatable bonds is 4. The first-order chi connectivity index (χ1) is 8.86. The molecule has 0 aliphatic rings. The Hall–Kier alpha value is -0.830. The van der Waals surface area contributed by atoms with Crippen molar-refractivity contribution in [3.8, 4) is 0 Å². The zero-order valence-electron chi connectivity index (χ0n) is 9.56. The van der Waals surface area contributed by atoms with Crippen molar-refractivity contribution in [2.45, 2.75) is 11.6 Å². The van der Waals surface area contributed by atoms with Gasteiger partial charge in [-0.15, -0.1) is 0 Å². The molecule has 0 aliphatic heterocycles. The smallest absolute Gasteiger partial charge is 0.271 e. The lowest BCUT2D eigenvalue weighted by Crippen LogP contribution is -2.10. The Morgan fingerprint density at radius 1 is 1.21 bits per heavy atom. The van der Waals surface area contributed by atoms with Gasteiger partial charge in [0.15, 0.2) is 0 Å². The molecule has 0 saturated carbocycles. The van der Waals surface area contributed by atoms with Crippen LogP contribution in [0.5, 0.6) is 0 Å². The highest BCUT2D eigenvalue weighted by Gasteiger charge is 2.13. The molecule has 0 unspecified atom stereocenters. The van der Waals surface area contributed by atoms with Gasteiger partial charge in [0.25, 0.3) is 10.0 Å². The number of sulfonamides is 1. The van der Waals surface area contributed by atoms with Crippen LogP contribution in [0.1, 0.15) is 5.76 Å². The first-order valence-corrected chi connectivity index (χ1v) is 8.30. The lowest BCUT2D eigenvalue weighted by molar-refractivity contribution is 0.419. The summed E-state index contributed by atoms with van der Waals surface area (Å²) in [4.78, 5) is 0. The van der Waals surface area contributed by atoms with E-state index >= 15 is 0 Å². The molecule has 0 amide bonds. The second-order valence-electron chi connectivity index (χ2n) is 3.74. The van der Waals surface area contributed by atoms with Crippen molar-refractivity contribution in [1.29, 1.82) is 0 Å². The van der Waals surface area contributed by atoms with Crippen LogP contribution in [0, 0.1) is 0 Å². The average Bonchev–Trinajstić information content (AvgIpc) is 2.76. The van der Waals surface area contributed by atoms with Gasteiger partial charge in [-0.1, -0.05) is 15.9 Å². The Morgan fingerprint density at radius 2 is 1.95 bits per heavy atom. The van der Waals surface area contributed by atoms with Crippen LogP contribution >= 0.6 is 31.9 Å². The second-order valence-corrected chi connectivity index (χ2v) is 7.01. The van der Waals surface area contributed by atoms with E-state index in [2.05, 4.69) is 37.2 Å². The molecule has 0 radical (unpaired) electrons. The van der Waals surface area contributed by atoms with Gasteiger partial charge in [0.1, 0.15) is 5.76 Å². The van der Waals surface area contributed by atoms with Gasteiger partial charge in [-0.25, -0.2) is 13.6 Å². The van der Waals surface area contributed by atoms with Crippen LogP contribution in [0.25, 0.3) is 0 Å². The highest BCUT2D eigenvalue weighted by molar-refractivity contribution is 9.11. The maximum Gasteiger partial charge on any atom is 0.271 e. The van der Waals surface area contributed by atoms with Crippen LogP contribution in [0.4, 0.5) is 5.69 Å². The van der Waals surface area contributed by atoms with Crippen LogP contribution in [0.15, 0.2) is 48.8 Å². The molecule has 102 valence electrons. The molecular weight excluding hydrogens is 400 g/mol. The van der Waals surface area contributed by atoms with E-state index in [0.717, 1.165) is 14.6 Å². The number of furan rings is 1. The first-order valence-electron chi connectivity index (χ1n) is 5.17. The molecular formula is C11H10Br2N2O3S. The monoisotopic (exact) mass is 408 g/mol. The van der Waals surface area contributed by atoms with Crippen molar-refractivity contribution in [3.63, 3.8) is 0 Å². The number of hydrogen-bond acceptors (Lipinski definition) is 4. The van der Waals surface area contributed by atoms with E-state index in [9.17, 15) is 8.42 Å². The SMILES string of the molecule is NS(=O)(=O)c1ccc(CNc2ccc(Br)cc2Br)o1. The molecule has 0 spiro atoms. The number of primary sulfonamides is 1. The third-order valence-electron chi connectivity index (χ3n) is 2.30. The fraction of sp³-hybridized carbons (Fsp3) is 0.0909. The zero-order valence-corrected chi connectivity index (χ0v) is 13.5. The van der Waals surface area contributed by atoms with E-state index in [1.54, 1.807) is 6.07 Å². The van der Waals surface area contributed by atoms with Crippen molar-refractivity contribution < 1.29 is 12.8 Å². The summed E-state index contributed by atoms with van der Waals surface area (Å²) in [6.07, 6.45) is 0. The van der Waals surface area contributed by atoms with Gasteiger partial charge in [-0.05, 0) is 46.3 Å². The van der Waals surface area contributed by atoms with Gasteiger partial charge < -0.3 is 9.73 Å². The molecule has 0 aliphatic carbocycles. The van der Waals surface area contributed by atoms with Crippen LogP contribution in [-0.4, -0.2) is 8.42 Å². The molecule has 8 heteroatoms. The number of hydrogen-bond donors (Lipinski definition) is 2. The van der Waals surface area contributed by atoms with E-state index in [-0.39, 0.29) is 5.09 Å². The van der Waals surface area contributed by atoms with Gasteiger partial charge in [-0.3, -0.25) is 0 Å². The lowest BCUT2D eigenvalue weighted by Gasteiger charge is -2.07. The third-order valence-corrected chi connectivity index (χ3v) is 4.23. The summed E-state index contributed by atoms with van der Waals surface area (Å²) >= 11 is 6.78. The number of halogens is 2. The number of benzene rings is 1. The molecule has 19 heavy (non-hydrogen) atoms. The van der Waals surface area contributed by atoms with Gasteiger partial charge >= 0.3 is 0 Å². The Kier molecular flexibility index (Phi) is 4.34. The summed E-state index contributed by atoms with van der Waals surface area (Å²) in [5.74, 6) is 0.485. The van der Waals surface area contributed by atoms with Gasteiger partial charge in [-0.2, -0.15) is 0 Å². The van der Waals surface area contributed by atoms with Crippen LogP contribution in [-0.2, 0) is 16.6 Å². The molecule has 5 nitrogen and oxygen atoms in total. The summed E-state index contributed by atoms with van der Waals surface area (Å²) in [7, 11) is -3.79. The summed E-state index contributed by atoms with van der Waals surface area (Å²) in [5.41, 5.74) is 0.872. The maximum atomic E-state index is 11.1. The minimum Gasteiger partial charge on any atom is -0.446 e. The first kappa shape index (κ1) is 14.6. The van der Waals surface area contributed by atoms with E-state index < -0.39 is 10.0 Å². The number of nitrogens with two attached hydrogens (primary N) is 1. The third kappa shape index (κ3) is 3.82. The quantitative estimate of drug-likeness (QED) is 0.812. The lowest BCUT2D eigenvalue weighted by atomic mass is 10.3. The number of anilines is 1. The fourth-order valence-corrected chi connectivity index (χ4v) is 3.09. The molecule has 3 N–H and O–H groups in total. The van der Waals surface area contributed by atoms with Crippen LogP contribution < -0.4 is 10.5 Å². The van der Waals surface area contributed by atoms with Gasteiger partial charge in [0.2, 0.25) is 5.09 Å². The van der Waals surface area contributed by atoms with Crippen molar-refractivity contribution in [1.82, 2.24) is 0 Å². The maximum absolute atomic E-state index is 11.1. The summed E-state index contributed by atoms with van der Waals surface area (Å²) in [5, 5.41) is 7.85. The minimum absolute atomic E-state index is 0.237. The standard InChI is InChI=1S/C11H10Br2N2O3S/c12-7-1-3-10(9(13)5-7)15-6-8-2-4-11(18-8)19(14,16)17/h1-5,15H,6H2,(H2,14,16,17). The van der Waals surface area contributed by atoms with Crippen LogP contribution in [0.3, 0.4) is 0 Å². The van der Waals surface area contributed by atoms with E-state index in [0.29, 0.717) is 12.3 Å². The Bertz CT molecular complexity index is 698. The topological polar surface area (TPSA) is 85.3 Å². The minimum atomic E-state index is -3.79. The predicted molar refractivity (Wildman–Crippen MR) is 79.2 cm³/mol. The van der Waals surface area contributed by atoms with Crippen molar-refractivity contribution in [2.24, 2.45) is 5.14 Å². The molecule has 2 rings (SSSR count). The molecule has 1 aromatic heterocycles. The summed E-state index contributed by atoms with van der Waals surface area (Å²) < 4.78 is 29.1. The Morgan fingerprint density at radius 3 is 2.53 bits per heavy atom. The zero-order chi connectivity index (χ0) is 14.0. The highest BCUT2D eigenvalue weighted by atomic mass is 79.9. The Balaban J connectivity index is 2.09. The largest absolute Gasteiger partial charge is 0.446 e. The molecule has 1 aromatic carbocycles. The average molecular weight is 410 g/mol. The molecule has 0 atom stereocenters. The highest BCUT2D eigenvalue weighted by Crippen LogP contribution is 2.26. The van der Waals surface area contributed by atoms with E-state index in [4.69, 9.17) is 9.56 Å². The molecule has 2 aromatic rings. The van der Waals surface area contributed by atoms with Crippen molar-refractivity contribution >= 4 is 47.6 Å². The second kappa shape index (κ2) is 5.66. The van der Waals surface area contributed by atoms with Gasteiger partial charge in [0.05, 0.1) is 6.54 Å². The van der Waals surface area contributed by atoms with E-state index in [1.165, 1.54) is 6.07 Å². The molecule has 1 heterocycles. The van der Waals surface area contributed by atoms with Crippen molar-refractivity contribution in [2.75, 3.05) is 5.32 Å². The summed E-state index contributed by atoms with van der Waals surface area (Å²) in [6, 6.07) is 8.59. The normalized spacial score (nSPS) is 11.5. The summed E-state index contributed by atoms with van der Waals surface area (Å²) in [6.45, 7) is 0.357. The van der Waals surface area contributed by atoms with Crippen LogP contribution in [0.2, 0.25) is 0 Å². The molecule has 0 bridgehead atoms. The van der Waals surface area contributed by atoms with Gasteiger partial charge in [0, 0.05) is 14.6 Å². The van der Waals surface area contributed by atoms with Crippen molar-refractivity contribution in [3.05, 3.63) is 45.0 Å². The molecule has 0 saturated heterocycles. The Labute approximate surface area is 127 Å². The molecule has 0 fully saturated rings. The number of nitrogens with one attached hydrogen (secondary N) is 1. The van der Waals surface area contributed by atoms with E-state index in [1.807, 2.05) is 18.2 Å². The predicted octanol–water partition coefficient (Wildman–Crippen LogP) is 3.06.